The molecule has 0 aliphatic rings. The van der Waals surface area contributed by atoms with E-state index in [1.165, 1.54) is 0 Å². The van der Waals surface area contributed by atoms with E-state index in [2.05, 4.69) is 10.3 Å². The van der Waals surface area contributed by atoms with Crippen molar-refractivity contribution >= 4 is 11.6 Å². The van der Waals surface area contributed by atoms with Crippen molar-refractivity contribution < 1.29 is 9.90 Å². The highest BCUT2D eigenvalue weighted by Crippen LogP contribution is 2.08. The predicted molar refractivity (Wildman–Crippen MR) is 68.4 cm³/mol. The van der Waals surface area contributed by atoms with Crippen molar-refractivity contribution in [1.29, 1.82) is 0 Å². The van der Waals surface area contributed by atoms with Gasteiger partial charge in [0.1, 0.15) is 11.3 Å². The van der Waals surface area contributed by atoms with Crippen molar-refractivity contribution in [3.63, 3.8) is 0 Å². The van der Waals surface area contributed by atoms with Crippen LogP contribution < -0.4 is 5.32 Å². The first-order valence-corrected chi connectivity index (χ1v) is 5.96. The van der Waals surface area contributed by atoms with Crippen molar-refractivity contribution in [1.82, 2.24) is 14.7 Å². The van der Waals surface area contributed by atoms with Crippen LogP contribution >= 0.6 is 0 Å². The highest BCUT2D eigenvalue weighted by Gasteiger charge is 2.19. The summed E-state index contributed by atoms with van der Waals surface area (Å²) in [7, 11) is 0. The Morgan fingerprint density at radius 1 is 1.56 bits per heavy atom. The normalized spacial score (nSPS) is 14.4. The van der Waals surface area contributed by atoms with E-state index >= 15 is 0 Å². The maximum Gasteiger partial charge on any atom is 0.271 e. The Hall–Kier alpha value is -1.88. The lowest BCUT2D eigenvalue weighted by Gasteiger charge is -2.21. The largest absolute Gasteiger partial charge is 0.388 e. The molecule has 1 amide bonds. The lowest BCUT2D eigenvalue weighted by molar-refractivity contribution is 0.0517. The summed E-state index contributed by atoms with van der Waals surface area (Å²) in [5, 5.41) is 12.5. The Morgan fingerprint density at radius 2 is 2.33 bits per heavy atom. The van der Waals surface area contributed by atoms with Crippen LogP contribution in [0.3, 0.4) is 0 Å². The number of nitrogens with zero attached hydrogens (tertiary/aromatic N) is 2. The van der Waals surface area contributed by atoms with Gasteiger partial charge in [0.25, 0.3) is 5.91 Å². The van der Waals surface area contributed by atoms with E-state index in [0.29, 0.717) is 12.1 Å². The maximum atomic E-state index is 11.9. The summed E-state index contributed by atoms with van der Waals surface area (Å²) >= 11 is 0. The molecule has 0 saturated heterocycles. The van der Waals surface area contributed by atoms with Gasteiger partial charge in [0.2, 0.25) is 0 Å². The Bertz CT molecular complexity index is 527. The number of hydrogen-bond acceptors (Lipinski definition) is 3. The van der Waals surface area contributed by atoms with Crippen molar-refractivity contribution in [2.75, 3.05) is 6.54 Å². The highest BCUT2D eigenvalue weighted by atomic mass is 16.3. The SMILES string of the molecule is CCC(C)(O)CNC(=O)c1cn2ccccc2n1. The Labute approximate surface area is 105 Å². The van der Waals surface area contributed by atoms with Crippen molar-refractivity contribution in [3.05, 3.63) is 36.3 Å². The number of hydrogen-bond donors (Lipinski definition) is 2. The molecule has 0 spiro atoms. The van der Waals surface area contributed by atoms with Crippen molar-refractivity contribution in [2.45, 2.75) is 25.9 Å². The molecule has 0 radical (unpaired) electrons. The summed E-state index contributed by atoms with van der Waals surface area (Å²) < 4.78 is 1.78. The summed E-state index contributed by atoms with van der Waals surface area (Å²) in [4.78, 5) is 16.1. The van der Waals surface area contributed by atoms with Crippen LogP contribution in [0.25, 0.3) is 5.65 Å². The smallest absolute Gasteiger partial charge is 0.271 e. The van der Waals surface area contributed by atoms with Crippen molar-refractivity contribution in [3.8, 4) is 0 Å². The third kappa shape index (κ3) is 2.68. The summed E-state index contributed by atoms with van der Waals surface area (Å²) in [6, 6.07) is 5.57. The molecule has 0 bridgehead atoms. The number of imidazole rings is 1. The second-order valence-electron chi connectivity index (χ2n) is 4.63. The molecule has 2 N–H and O–H groups in total. The fourth-order valence-electron chi connectivity index (χ4n) is 1.53. The highest BCUT2D eigenvalue weighted by molar-refractivity contribution is 5.92. The molecule has 0 fully saturated rings. The molecular formula is C13H17N3O2. The first kappa shape index (κ1) is 12.6. The van der Waals surface area contributed by atoms with E-state index in [-0.39, 0.29) is 12.5 Å². The van der Waals surface area contributed by atoms with Crippen LogP contribution in [0.2, 0.25) is 0 Å². The van der Waals surface area contributed by atoms with Crippen LogP contribution in [0.1, 0.15) is 30.8 Å². The molecule has 5 nitrogen and oxygen atoms in total. The van der Waals surface area contributed by atoms with Crippen LogP contribution in [0, 0.1) is 0 Å². The second-order valence-corrected chi connectivity index (χ2v) is 4.63. The number of aliphatic hydroxyl groups is 1. The zero-order valence-corrected chi connectivity index (χ0v) is 10.6. The number of carbonyl (C=O) groups excluding carboxylic acids is 1. The van der Waals surface area contributed by atoms with Gasteiger partial charge in [-0.2, -0.15) is 0 Å². The van der Waals surface area contributed by atoms with Crippen LogP contribution in [-0.2, 0) is 0 Å². The molecule has 0 saturated carbocycles. The first-order chi connectivity index (χ1) is 8.52. The van der Waals surface area contributed by atoms with Gasteiger partial charge >= 0.3 is 0 Å². The molecule has 0 aliphatic carbocycles. The summed E-state index contributed by atoms with van der Waals surface area (Å²) in [5.41, 5.74) is 0.201. The number of pyridine rings is 1. The molecule has 0 aliphatic heterocycles. The quantitative estimate of drug-likeness (QED) is 0.853. The standard InChI is InChI=1S/C13H17N3O2/c1-3-13(2,18)9-14-12(17)10-8-16-7-5-4-6-11(16)15-10/h4-8,18H,3,9H2,1-2H3,(H,14,17). The third-order valence-electron chi connectivity index (χ3n) is 2.99. The third-order valence-corrected chi connectivity index (χ3v) is 2.99. The number of amides is 1. The van der Waals surface area contributed by atoms with Gasteiger partial charge < -0.3 is 14.8 Å². The minimum atomic E-state index is -0.880. The predicted octanol–water partition coefficient (Wildman–Crippen LogP) is 1.23. The van der Waals surface area contributed by atoms with E-state index in [1.807, 2.05) is 31.3 Å². The zero-order valence-electron chi connectivity index (χ0n) is 10.6. The molecule has 0 aromatic carbocycles. The van der Waals surface area contributed by atoms with Gasteiger partial charge in [-0.3, -0.25) is 4.79 Å². The summed E-state index contributed by atoms with van der Waals surface area (Å²) in [5.74, 6) is -0.271. The van der Waals surface area contributed by atoms with Gasteiger partial charge in [-0.1, -0.05) is 13.0 Å². The van der Waals surface area contributed by atoms with E-state index in [0.717, 1.165) is 5.65 Å². The minimum absolute atomic E-state index is 0.218. The number of carbonyl (C=O) groups is 1. The van der Waals surface area contributed by atoms with E-state index in [1.54, 1.807) is 17.5 Å². The van der Waals surface area contributed by atoms with Gasteiger partial charge in [0, 0.05) is 18.9 Å². The Morgan fingerprint density at radius 3 is 3.00 bits per heavy atom. The molecule has 2 heterocycles. The molecule has 18 heavy (non-hydrogen) atoms. The summed E-state index contributed by atoms with van der Waals surface area (Å²) in [6.45, 7) is 3.78. The number of fused-ring (bicyclic) bond motifs is 1. The topological polar surface area (TPSA) is 66.6 Å². The van der Waals surface area contributed by atoms with Crippen LogP contribution in [0.5, 0.6) is 0 Å². The molecule has 1 unspecified atom stereocenters. The molecule has 96 valence electrons. The lowest BCUT2D eigenvalue weighted by Crippen LogP contribution is -2.40. The number of aromatic nitrogens is 2. The average molecular weight is 247 g/mol. The summed E-state index contributed by atoms with van der Waals surface area (Å²) in [6.07, 6.45) is 4.09. The molecule has 1 atom stereocenters. The molecule has 2 aromatic heterocycles. The van der Waals surface area contributed by atoms with E-state index in [4.69, 9.17) is 0 Å². The fourth-order valence-corrected chi connectivity index (χ4v) is 1.53. The first-order valence-electron chi connectivity index (χ1n) is 5.96. The zero-order chi connectivity index (χ0) is 13.2. The molecule has 2 aromatic rings. The Kier molecular flexibility index (Phi) is 3.34. The van der Waals surface area contributed by atoms with Gasteiger partial charge in [-0.15, -0.1) is 0 Å². The van der Waals surface area contributed by atoms with E-state index in [9.17, 15) is 9.90 Å². The maximum absolute atomic E-state index is 11.9. The van der Waals surface area contributed by atoms with Gasteiger partial charge in [-0.05, 0) is 25.5 Å². The number of rotatable bonds is 4. The van der Waals surface area contributed by atoms with Crippen LogP contribution in [-0.4, -0.2) is 32.5 Å². The molecule has 2 rings (SSSR count). The van der Waals surface area contributed by atoms with Crippen molar-refractivity contribution in [2.24, 2.45) is 0 Å². The monoisotopic (exact) mass is 247 g/mol. The lowest BCUT2D eigenvalue weighted by atomic mass is 10.0. The second kappa shape index (κ2) is 4.78. The van der Waals surface area contributed by atoms with Crippen LogP contribution in [0.15, 0.2) is 30.6 Å². The van der Waals surface area contributed by atoms with E-state index < -0.39 is 5.60 Å². The van der Waals surface area contributed by atoms with Gasteiger partial charge in [-0.25, -0.2) is 4.98 Å². The minimum Gasteiger partial charge on any atom is -0.388 e. The van der Waals surface area contributed by atoms with Crippen LogP contribution in [0.4, 0.5) is 0 Å². The Balaban J connectivity index is 2.09. The average Bonchev–Trinajstić information content (AvgIpc) is 2.80. The fraction of sp³-hybridized carbons (Fsp3) is 0.385. The van der Waals surface area contributed by atoms with Gasteiger partial charge in [0.05, 0.1) is 5.60 Å². The van der Waals surface area contributed by atoms with Gasteiger partial charge in [0.15, 0.2) is 0 Å². The molecular weight excluding hydrogens is 230 g/mol. The number of nitrogens with one attached hydrogen (secondary N) is 1. The molecule has 5 heteroatoms.